The Bertz CT molecular complexity index is 357. The molecule has 0 unspecified atom stereocenters. The fourth-order valence-corrected chi connectivity index (χ4v) is 1.59. The van der Waals surface area contributed by atoms with Crippen molar-refractivity contribution >= 4 is 28.6 Å². The van der Waals surface area contributed by atoms with E-state index in [0.717, 1.165) is 5.56 Å². The summed E-state index contributed by atoms with van der Waals surface area (Å²) in [6, 6.07) is 3.52. The largest absolute Gasteiger partial charge is 0.480 e. The Morgan fingerprint density at radius 2 is 2.29 bits per heavy atom. The lowest BCUT2D eigenvalue weighted by Crippen LogP contribution is -2.32. The van der Waals surface area contributed by atoms with Crippen molar-refractivity contribution in [3.63, 3.8) is 0 Å². The number of carbonyl (C=O) groups is 1. The highest BCUT2D eigenvalue weighted by molar-refractivity contribution is 14.1. The van der Waals surface area contributed by atoms with E-state index >= 15 is 0 Å². The fourth-order valence-electron chi connectivity index (χ4n) is 1.01. The maximum Gasteiger partial charge on any atom is 0.320 e. The van der Waals surface area contributed by atoms with Gasteiger partial charge in [0.2, 0.25) is 0 Å². The Balaban J connectivity index is 2.78. The molecule has 0 amide bonds. The van der Waals surface area contributed by atoms with Gasteiger partial charge in [0.05, 0.1) is 0 Å². The minimum Gasteiger partial charge on any atom is -0.480 e. The van der Waals surface area contributed by atoms with Gasteiger partial charge in [0, 0.05) is 3.57 Å². The van der Waals surface area contributed by atoms with E-state index in [1.54, 1.807) is 12.1 Å². The summed E-state index contributed by atoms with van der Waals surface area (Å²) < 4.78 is 13.3. The maximum absolute atomic E-state index is 12.8. The molecule has 0 radical (unpaired) electrons. The standard InChI is InChI=1S/C9H9FINO2/c10-6-2-1-5(3-7(6)11)4-8(12)9(13)14/h1-3,8H,4,12H2,(H,13,14)/t8-/m1/s1. The molecular weight excluding hydrogens is 300 g/mol. The van der Waals surface area contributed by atoms with Crippen LogP contribution in [0.1, 0.15) is 5.56 Å². The van der Waals surface area contributed by atoms with Crippen LogP contribution in [0.2, 0.25) is 0 Å². The number of benzene rings is 1. The molecule has 1 aromatic rings. The zero-order valence-corrected chi connectivity index (χ0v) is 9.36. The maximum atomic E-state index is 12.8. The van der Waals surface area contributed by atoms with Gasteiger partial charge in [0.1, 0.15) is 11.9 Å². The Hall–Kier alpha value is -0.690. The van der Waals surface area contributed by atoms with Crippen molar-refractivity contribution in [3.05, 3.63) is 33.1 Å². The van der Waals surface area contributed by atoms with Crippen LogP contribution in [0.15, 0.2) is 18.2 Å². The smallest absolute Gasteiger partial charge is 0.320 e. The molecule has 1 atom stereocenters. The Kier molecular flexibility index (Phi) is 3.82. The molecule has 0 spiro atoms. The van der Waals surface area contributed by atoms with Crippen molar-refractivity contribution in [1.29, 1.82) is 0 Å². The second-order valence-corrected chi connectivity index (χ2v) is 4.06. The number of carboxylic acid groups (broad SMARTS) is 1. The average molecular weight is 309 g/mol. The first-order valence-corrected chi connectivity index (χ1v) is 5.01. The molecule has 1 aromatic carbocycles. The lowest BCUT2D eigenvalue weighted by Gasteiger charge is -2.06. The van der Waals surface area contributed by atoms with Crippen molar-refractivity contribution < 1.29 is 14.3 Å². The van der Waals surface area contributed by atoms with Gasteiger partial charge in [0.25, 0.3) is 0 Å². The number of aliphatic carboxylic acids is 1. The van der Waals surface area contributed by atoms with Gasteiger partial charge < -0.3 is 10.8 Å². The van der Waals surface area contributed by atoms with Crippen LogP contribution in [-0.4, -0.2) is 17.1 Å². The van der Waals surface area contributed by atoms with Gasteiger partial charge in [-0.3, -0.25) is 4.79 Å². The van der Waals surface area contributed by atoms with E-state index in [9.17, 15) is 9.18 Å². The van der Waals surface area contributed by atoms with E-state index in [2.05, 4.69) is 0 Å². The summed E-state index contributed by atoms with van der Waals surface area (Å²) in [4.78, 5) is 10.5. The minimum atomic E-state index is -1.05. The molecule has 3 nitrogen and oxygen atoms in total. The molecule has 3 N–H and O–H groups in total. The highest BCUT2D eigenvalue weighted by Gasteiger charge is 2.12. The van der Waals surface area contributed by atoms with Crippen molar-refractivity contribution in [2.75, 3.05) is 0 Å². The third-order valence-electron chi connectivity index (χ3n) is 1.76. The van der Waals surface area contributed by atoms with Gasteiger partial charge >= 0.3 is 5.97 Å². The predicted octanol–water partition coefficient (Wildman–Crippen LogP) is 1.38. The predicted molar refractivity (Wildman–Crippen MR) is 58.4 cm³/mol. The lowest BCUT2D eigenvalue weighted by atomic mass is 10.1. The number of rotatable bonds is 3. The van der Waals surface area contributed by atoms with Crippen LogP contribution in [0.5, 0.6) is 0 Å². The van der Waals surface area contributed by atoms with E-state index in [0.29, 0.717) is 3.57 Å². The molecule has 0 fully saturated rings. The van der Waals surface area contributed by atoms with Crippen LogP contribution in [0, 0.1) is 9.39 Å². The Morgan fingerprint density at radius 1 is 1.64 bits per heavy atom. The summed E-state index contributed by atoms with van der Waals surface area (Å²) >= 11 is 1.85. The molecule has 0 aliphatic heterocycles. The molecule has 0 aliphatic carbocycles. The molecule has 0 bridgehead atoms. The summed E-state index contributed by atoms with van der Waals surface area (Å²) in [6.45, 7) is 0. The van der Waals surface area contributed by atoms with Gasteiger partial charge in [0.15, 0.2) is 0 Å². The van der Waals surface area contributed by atoms with Gasteiger partial charge in [-0.1, -0.05) is 6.07 Å². The minimum absolute atomic E-state index is 0.214. The first kappa shape index (κ1) is 11.4. The fraction of sp³-hybridized carbons (Fsp3) is 0.222. The first-order valence-electron chi connectivity index (χ1n) is 3.93. The van der Waals surface area contributed by atoms with Crippen molar-refractivity contribution in [1.82, 2.24) is 0 Å². The number of nitrogens with two attached hydrogens (primary N) is 1. The molecule has 1 rings (SSSR count). The average Bonchev–Trinajstić information content (AvgIpc) is 2.11. The quantitative estimate of drug-likeness (QED) is 0.829. The molecule has 0 saturated carbocycles. The van der Waals surface area contributed by atoms with Gasteiger partial charge in [-0.05, 0) is 46.7 Å². The zero-order chi connectivity index (χ0) is 10.7. The number of halogens is 2. The summed E-state index contributed by atoms with van der Waals surface area (Å²) in [5, 5.41) is 8.57. The van der Waals surface area contributed by atoms with Crippen LogP contribution in [-0.2, 0) is 11.2 Å². The van der Waals surface area contributed by atoms with Crippen molar-refractivity contribution in [2.45, 2.75) is 12.5 Å². The summed E-state index contributed by atoms with van der Waals surface area (Å²) in [7, 11) is 0. The molecule has 0 aromatic heterocycles. The van der Waals surface area contributed by atoms with Crippen LogP contribution in [0.25, 0.3) is 0 Å². The normalized spacial score (nSPS) is 12.5. The van der Waals surface area contributed by atoms with Gasteiger partial charge in [-0.15, -0.1) is 0 Å². The van der Waals surface area contributed by atoms with E-state index in [-0.39, 0.29) is 12.2 Å². The van der Waals surface area contributed by atoms with Crippen molar-refractivity contribution in [2.24, 2.45) is 5.73 Å². The zero-order valence-electron chi connectivity index (χ0n) is 7.21. The Morgan fingerprint density at radius 3 is 2.79 bits per heavy atom. The van der Waals surface area contributed by atoms with E-state index in [1.807, 2.05) is 22.6 Å². The summed E-state index contributed by atoms with van der Waals surface area (Å²) in [6.07, 6.45) is 0.214. The van der Waals surface area contributed by atoms with E-state index < -0.39 is 12.0 Å². The highest BCUT2D eigenvalue weighted by atomic mass is 127. The first-order chi connectivity index (χ1) is 6.50. The Labute approximate surface area is 94.2 Å². The van der Waals surface area contributed by atoms with Crippen LogP contribution in [0.4, 0.5) is 4.39 Å². The molecule has 5 heteroatoms. The molecule has 0 heterocycles. The lowest BCUT2D eigenvalue weighted by molar-refractivity contribution is -0.138. The molecule has 76 valence electrons. The van der Waals surface area contributed by atoms with Crippen LogP contribution in [0.3, 0.4) is 0 Å². The van der Waals surface area contributed by atoms with Crippen LogP contribution >= 0.6 is 22.6 Å². The van der Waals surface area contributed by atoms with Crippen molar-refractivity contribution in [3.8, 4) is 0 Å². The molecule has 0 aliphatic rings. The monoisotopic (exact) mass is 309 g/mol. The third-order valence-corrected chi connectivity index (χ3v) is 2.58. The van der Waals surface area contributed by atoms with E-state index in [4.69, 9.17) is 10.8 Å². The number of hydrogen-bond acceptors (Lipinski definition) is 2. The van der Waals surface area contributed by atoms with Gasteiger partial charge in [-0.2, -0.15) is 0 Å². The highest BCUT2D eigenvalue weighted by Crippen LogP contribution is 2.13. The number of carboxylic acids is 1. The molecular formula is C9H9FINO2. The third kappa shape index (κ3) is 2.91. The molecule has 0 saturated heterocycles. The number of hydrogen-bond donors (Lipinski definition) is 2. The summed E-state index contributed by atoms with van der Waals surface area (Å²) in [5.74, 6) is -1.36. The topological polar surface area (TPSA) is 63.3 Å². The SMILES string of the molecule is N[C@H](Cc1ccc(F)c(I)c1)C(=O)O. The second kappa shape index (κ2) is 4.70. The second-order valence-electron chi connectivity index (χ2n) is 2.90. The van der Waals surface area contributed by atoms with Gasteiger partial charge in [-0.25, -0.2) is 4.39 Å². The van der Waals surface area contributed by atoms with E-state index in [1.165, 1.54) is 6.07 Å². The summed E-state index contributed by atoms with van der Waals surface area (Å²) in [5.41, 5.74) is 6.07. The van der Waals surface area contributed by atoms with Crippen LogP contribution < -0.4 is 5.73 Å². The molecule has 14 heavy (non-hydrogen) atoms.